The Labute approximate surface area is 136 Å². The molecular weight excluding hydrogens is 286 g/mol. The number of para-hydroxylation sites is 1. The highest BCUT2D eigenvalue weighted by Crippen LogP contribution is 2.14. The van der Waals surface area contributed by atoms with Gasteiger partial charge in [0.25, 0.3) is 5.91 Å². The van der Waals surface area contributed by atoms with Gasteiger partial charge >= 0.3 is 0 Å². The largest absolute Gasteiger partial charge is 0.386 e. The van der Waals surface area contributed by atoms with Gasteiger partial charge in [-0.05, 0) is 31.0 Å². The minimum atomic E-state index is -0.418. The van der Waals surface area contributed by atoms with Crippen LogP contribution in [0.25, 0.3) is 0 Å². The van der Waals surface area contributed by atoms with Crippen LogP contribution < -0.4 is 10.6 Å². The normalized spacial score (nSPS) is 10.7. The molecule has 4 nitrogen and oxygen atoms in total. The van der Waals surface area contributed by atoms with E-state index < -0.39 is 5.91 Å². The lowest BCUT2D eigenvalue weighted by Crippen LogP contribution is -2.17. The van der Waals surface area contributed by atoms with Gasteiger partial charge in [-0.1, -0.05) is 48.0 Å². The molecule has 2 aromatic rings. The molecule has 0 aliphatic heterocycles. The van der Waals surface area contributed by atoms with Crippen LogP contribution in [-0.4, -0.2) is 5.91 Å². The van der Waals surface area contributed by atoms with Gasteiger partial charge < -0.3 is 10.6 Å². The number of hydrogen-bond acceptors (Lipinski definition) is 3. The number of carbonyl (C=O) groups is 1. The lowest BCUT2D eigenvalue weighted by Gasteiger charge is -2.08. The fraction of sp³-hybridized carbons (Fsp3) is 0.158. The predicted molar refractivity (Wildman–Crippen MR) is 91.5 cm³/mol. The number of amides is 1. The molecule has 116 valence electrons. The number of nitrogens with zero attached hydrogens (tertiary/aromatic N) is 1. The van der Waals surface area contributed by atoms with E-state index in [9.17, 15) is 4.79 Å². The molecule has 0 aliphatic carbocycles. The molecule has 0 spiro atoms. The summed E-state index contributed by atoms with van der Waals surface area (Å²) in [5.74, 6) is -0.418. The quantitative estimate of drug-likeness (QED) is 0.657. The number of nitrogens with one attached hydrogen (secondary N) is 2. The molecule has 1 amide bonds. The average Bonchev–Trinajstić information content (AvgIpc) is 2.54. The first-order valence-corrected chi connectivity index (χ1v) is 7.36. The fourth-order valence-corrected chi connectivity index (χ4v) is 2.14. The zero-order valence-corrected chi connectivity index (χ0v) is 13.3. The Bertz CT molecular complexity index is 772. The first-order valence-electron chi connectivity index (χ1n) is 7.36. The van der Waals surface area contributed by atoms with Gasteiger partial charge in [-0.3, -0.25) is 4.79 Å². The molecule has 23 heavy (non-hydrogen) atoms. The maximum absolute atomic E-state index is 12.2. The molecule has 0 radical (unpaired) electrons. The molecule has 2 N–H and O–H groups in total. The van der Waals surface area contributed by atoms with Crippen molar-refractivity contribution in [1.29, 1.82) is 5.26 Å². The number of hydrogen-bond donors (Lipinski definition) is 2. The van der Waals surface area contributed by atoms with E-state index in [0.29, 0.717) is 12.2 Å². The maximum Gasteiger partial charge on any atom is 0.267 e. The van der Waals surface area contributed by atoms with Crippen LogP contribution in [0.3, 0.4) is 0 Å². The highest BCUT2D eigenvalue weighted by molar-refractivity contribution is 6.06. The van der Waals surface area contributed by atoms with Crippen LogP contribution >= 0.6 is 0 Å². The van der Waals surface area contributed by atoms with E-state index in [-0.39, 0.29) is 5.57 Å². The molecule has 2 aromatic carbocycles. The van der Waals surface area contributed by atoms with Crippen LogP contribution in [0.4, 0.5) is 5.69 Å². The van der Waals surface area contributed by atoms with Gasteiger partial charge in [-0.15, -0.1) is 0 Å². The molecule has 0 heterocycles. The van der Waals surface area contributed by atoms with Crippen molar-refractivity contribution in [2.45, 2.75) is 20.4 Å². The zero-order valence-electron chi connectivity index (χ0n) is 13.3. The summed E-state index contributed by atoms with van der Waals surface area (Å²) in [4.78, 5) is 12.2. The Morgan fingerprint density at radius 2 is 1.96 bits per heavy atom. The first-order chi connectivity index (χ1) is 11.1. The summed E-state index contributed by atoms with van der Waals surface area (Å²) in [7, 11) is 0. The molecule has 0 bridgehead atoms. The molecule has 0 fully saturated rings. The van der Waals surface area contributed by atoms with Crippen molar-refractivity contribution in [2.75, 3.05) is 5.32 Å². The Morgan fingerprint density at radius 3 is 2.65 bits per heavy atom. The first kappa shape index (κ1) is 16.3. The summed E-state index contributed by atoms with van der Waals surface area (Å²) in [6, 6.07) is 17.4. The van der Waals surface area contributed by atoms with E-state index in [2.05, 4.69) is 16.7 Å². The van der Waals surface area contributed by atoms with Crippen molar-refractivity contribution < 1.29 is 4.79 Å². The number of anilines is 1. The molecule has 0 unspecified atom stereocenters. The average molecular weight is 305 g/mol. The molecule has 0 aromatic heterocycles. The lowest BCUT2D eigenvalue weighted by molar-refractivity contribution is -0.112. The van der Waals surface area contributed by atoms with Crippen LogP contribution in [0.1, 0.15) is 16.7 Å². The van der Waals surface area contributed by atoms with E-state index in [1.165, 1.54) is 11.8 Å². The van der Waals surface area contributed by atoms with Crippen LogP contribution in [0.15, 0.2) is 60.3 Å². The second-order valence-corrected chi connectivity index (χ2v) is 5.31. The summed E-state index contributed by atoms with van der Waals surface area (Å²) < 4.78 is 0. The number of aryl methyl sites for hydroxylation is 2. The molecule has 2 rings (SSSR count). The summed E-state index contributed by atoms with van der Waals surface area (Å²) >= 11 is 0. The number of rotatable bonds is 5. The summed E-state index contributed by atoms with van der Waals surface area (Å²) in [6.45, 7) is 4.49. The van der Waals surface area contributed by atoms with E-state index in [1.807, 2.05) is 62.4 Å². The van der Waals surface area contributed by atoms with Gasteiger partial charge in [0, 0.05) is 18.4 Å². The monoisotopic (exact) mass is 305 g/mol. The van der Waals surface area contributed by atoms with Crippen LogP contribution in [0, 0.1) is 25.2 Å². The molecule has 0 atom stereocenters. The van der Waals surface area contributed by atoms with Crippen molar-refractivity contribution in [3.05, 3.63) is 77.0 Å². The second kappa shape index (κ2) is 7.81. The molecular formula is C19H19N3O. The highest BCUT2D eigenvalue weighted by Gasteiger charge is 2.10. The third-order valence-corrected chi connectivity index (χ3v) is 3.39. The van der Waals surface area contributed by atoms with Crippen LogP contribution in [0.2, 0.25) is 0 Å². The van der Waals surface area contributed by atoms with Gasteiger partial charge in [0.05, 0.1) is 0 Å². The Balaban J connectivity index is 2.00. The number of carbonyl (C=O) groups excluding carboxylic acids is 1. The highest BCUT2D eigenvalue weighted by atomic mass is 16.1. The lowest BCUT2D eigenvalue weighted by atomic mass is 10.1. The van der Waals surface area contributed by atoms with Gasteiger partial charge in [0.1, 0.15) is 11.6 Å². The summed E-state index contributed by atoms with van der Waals surface area (Å²) in [6.07, 6.45) is 1.45. The molecule has 4 heteroatoms. The van der Waals surface area contributed by atoms with Gasteiger partial charge in [0.15, 0.2) is 0 Å². The van der Waals surface area contributed by atoms with E-state index in [4.69, 9.17) is 5.26 Å². The smallest absolute Gasteiger partial charge is 0.267 e. The summed E-state index contributed by atoms with van der Waals surface area (Å²) in [5.41, 5.74) is 3.97. The molecule has 0 saturated heterocycles. The zero-order chi connectivity index (χ0) is 16.7. The van der Waals surface area contributed by atoms with Gasteiger partial charge in [0.2, 0.25) is 0 Å². The minimum absolute atomic E-state index is 0.0425. The van der Waals surface area contributed by atoms with Crippen molar-refractivity contribution in [2.24, 2.45) is 0 Å². The van der Waals surface area contributed by atoms with Crippen molar-refractivity contribution >= 4 is 11.6 Å². The number of nitriles is 1. The van der Waals surface area contributed by atoms with Gasteiger partial charge in [-0.2, -0.15) is 5.26 Å². The van der Waals surface area contributed by atoms with Gasteiger partial charge in [-0.25, -0.2) is 0 Å². The maximum atomic E-state index is 12.2. The third kappa shape index (κ3) is 4.72. The third-order valence-electron chi connectivity index (χ3n) is 3.39. The van der Waals surface area contributed by atoms with Crippen molar-refractivity contribution in [3.63, 3.8) is 0 Å². The topological polar surface area (TPSA) is 64.9 Å². The standard InChI is InChI=1S/C19H19N3O/c1-14-6-5-8-16(10-14)12-21-13-17(11-20)19(23)22-18-9-4-3-7-15(18)2/h3-10,13,21H,12H2,1-2H3,(H,22,23)/b17-13-. The van der Waals surface area contributed by atoms with E-state index >= 15 is 0 Å². The van der Waals surface area contributed by atoms with Crippen molar-refractivity contribution in [1.82, 2.24) is 5.32 Å². The number of benzene rings is 2. The SMILES string of the molecule is Cc1cccc(CN/C=C(/C#N)C(=O)Nc2ccccc2C)c1. The minimum Gasteiger partial charge on any atom is -0.386 e. The van der Waals surface area contributed by atoms with E-state index in [1.54, 1.807) is 0 Å². The molecule has 0 aliphatic rings. The predicted octanol–water partition coefficient (Wildman–Crippen LogP) is 3.44. The van der Waals surface area contributed by atoms with Crippen LogP contribution in [-0.2, 0) is 11.3 Å². The second-order valence-electron chi connectivity index (χ2n) is 5.31. The molecule has 0 saturated carbocycles. The Morgan fingerprint density at radius 1 is 1.17 bits per heavy atom. The Hall–Kier alpha value is -3.06. The van der Waals surface area contributed by atoms with E-state index in [0.717, 1.165) is 11.1 Å². The summed E-state index contributed by atoms with van der Waals surface area (Å²) in [5, 5.41) is 14.9. The Kier molecular flexibility index (Phi) is 5.54. The van der Waals surface area contributed by atoms with Crippen molar-refractivity contribution in [3.8, 4) is 6.07 Å². The fourth-order valence-electron chi connectivity index (χ4n) is 2.14. The van der Waals surface area contributed by atoms with Crippen LogP contribution in [0.5, 0.6) is 0 Å².